The van der Waals surface area contributed by atoms with Crippen LogP contribution in [0.2, 0.25) is 0 Å². The molecule has 0 N–H and O–H groups in total. The normalized spacial score (nSPS) is 25.7. The van der Waals surface area contributed by atoms with Crippen LogP contribution in [0.3, 0.4) is 0 Å². The monoisotopic (exact) mass is 307 g/mol. The van der Waals surface area contributed by atoms with Crippen LogP contribution in [-0.2, 0) is 16.0 Å². The average Bonchev–Trinajstić information content (AvgIpc) is 2.77. The first-order valence-electron chi connectivity index (χ1n) is 8.14. The maximum atomic E-state index is 13.0. The van der Waals surface area contributed by atoms with Crippen molar-refractivity contribution in [1.82, 2.24) is 4.90 Å². The summed E-state index contributed by atoms with van der Waals surface area (Å²) in [5, 5.41) is 0. The van der Waals surface area contributed by atoms with E-state index in [2.05, 4.69) is 36.4 Å². The third kappa shape index (κ3) is 2.41. The van der Waals surface area contributed by atoms with E-state index in [0.717, 1.165) is 12.0 Å². The maximum absolute atomic E-state index is 13.0. The predicted octanol–water partition coefficient (Wildman–Crippen LogP) is 2.95. The van der Waals surface area contributed by atoms with Gasteiger partial charge in [0.25, 0.3) is 0 Å². The van der Waals surface area contributed by atoms with E-state index in [9.17, 15) is 4.79 Å². The topological polar surface area (TPSA) is 29.5 Å². The van der Waals surface area contributed by atoms with Crippen molar-refractivity contribution >= 4 is 5.78 Å². The summed E-state index contributed by atoms with van der Waals surface area (Å²) in [6, 6.07) is 16.7. The van der Waals surface area contributed by atoms with Gasteiger partial charge in [-0.1, -0.05) is 48.5 Å². The average molecular weight is 307 g/mol. The van der Waals surface area contributed by atoms with Gasteiger partial charge < -0.3 is 9.64 Å². The third-order valence-electron chi connectivity index (χ3n) is 4.90. The minimum atomic E-state index is -0.348. The summed E-state index contributed by atoms with van der Waals surface area (Å²) in [6.07, 6.45) is 0.362. The number of ether oxygens (including phenoxy) is 1. The van der Waals surface area contributed by atoms with E-state index in [0.29, 0.717) is 6.54 Å². The van der Waals surface area contributed by atoms with Crippen molar-refractivity contribution in [2.45, 2.75) is 24.5 Å². The number of carbonyl (C=O) groups is 1. The molecule has 1 aliphatic carbocycles. The van der Waals surface area contributed by atoms with Gasteiger partial charge in [-0.25, -0.2) is 0 Å². The van der Waals surface area contributed by atoms with Gasteiger partial charge in [-0.3, -0.25) is 4.79 Å². The van der Waals surface area contributed by atoms with Crippen LogP contribution in [0.25, 0.3) is 0 Å². The van der Waals surface area contributed by atoms with Crippen molar-refractivity contribution < 1.29 is 9.53 Å². The molecule has 118 valence electrons. The lowest BCUT2D eigenvalue weighted by Crippen LogP contribution is -2.31. The van der Waals surface area contributed by atoms with Crippen LogP contribution in [-0.4, -0.2) is 37.4 Å². The molecular weight excluding hydrogens is 286 g/mol. The first-order chi connectivity index (χ1) is 11.1. The molecule has 2 aliphatic rings. The second-order valence-corrected chi connectivity index (χ2v) is 6.76. The summed E-state index contributed by atoms with van der Waals surface area (Å²) >= 11 is 0. The molecule has 23 heavy (non-hydrogen) atoms. The fourth-order valence-electron chi connectivity index (χ4n) is 3.88. The van der Waals surface area contributed by atoms with Gasteiger partial charge in [0.05, 0.1) is 12.0 Å². The molecule has 3 heteroatoms. The van der Waals surface area contributed by atoms with Gasteiger partial charge in [-0.2, -0.15) is 0 Å². The Hall–Kier alpha value is -1.97. The lowest BCUT2D eigenvalue weighted by atomic mass is 9.86. The van der Waals surface area contributed by atoms with E-state index in [1.807, 2.05) is 31.1 Å². The largest absolute Gasteiger partial charge is 0.360 e. The molecule has 0 spiro atoms. The van der Waals surface area contributed by atoms with Crippen molar-refractivity contribution in [1.29, 1.82) is 0 Å². The van der Waals surface area contributed by atoms with E-state index < -0.39 is 0 Å². The van der Waals surface area contributed by atoms with Gasteiger partial charge in [-0.05, 0) is 42.8 Å². The molecule has 3 unspecified atom stereocenters. The number of rotatable bonds is 2. The molecule has 3 atom stereocenters. The summed E-state index contributed by atoms with van der Waals surface area (Å²) in [7, 11) is 3.96. The smallest absolute Gasteiger partial charge is 0.173 e. The quantitative estimate of drug-likeness (QED) is 0.854. The number of likely N-dealkylation sites (N-methyl/N-ethyl adjacent to an activating group) is 1. The van der Waals surface area contributed by atoms with Gasteiger partial charge in [0, 0.05) is 6.54 Å². The highest BCUT2D eigenvalue weighted by atomic mass is 16.5. The molecule has 1 aliphatic heterocycles. The molecule has 2 aromatic rings. The zero-order chi connectivity index (χ0) is 16.0. The van der Waals surface area contributed by atoms with Crippen molar-refractivity contribution in [3.05, 3.63) is 70.8 Å². The van der Waals surface area contributed by atoms with E-state index in [-0.39, 0.29) is 23.9 Å². The lowest BCUT2D eigenvalue weighted by molar-refractivity contribution is -0.123. The summed E-state index contributed by atoms with van der Waals surface area (Å²) in [5.41, 5.74) is 4.82. The zero-order valence-corrected chi connectivity index (χ0v) is 13.5. The van der Waals surface area contributed by atoms with E-state index in [1.54, 1.807) is 0 Å². The van der Waals surface area contributed by atoms with Gasteiger partial charge in [0.15, 0.2) is 5.78 Å². The number of ketones is 1. The van der Waals surface area contributed by atoms with Crippen molar-refractivity contribution in [3.63, 3.8) is 0 Å². The van der Waals surface area contributed by atoms with Crippen LogP contribution in [0.5, 0.6) is 0 Å². The van der Waals surface area contributed by atoms with Crippen LogP contribution in [0, 0.1) is 0 Å². The van der Waals surface area contributed by atoms with Crippen LogP contribution in [0.4, 0.5) is 0 Å². The molecule has 1 fully saturated rings. The number of hydrogen-bond donors (Lipinski definition) is 0. The van der Waals surface area contributed by atoms with Crippen molar-refractivity contribution in [2.75, 3.05) is 20.6 Å². The van der Waals surface area contributed by atoms with E-state index in [4.69, 9.17) is 4.74 Å². The highest BCUT2D eigenvalue weighted by Crippen LogP contribution is 2.47. The molecule has 0 saturated carbocycles. The molecular formula is C20H21NO2. The molecule has 4 rings (SSSR count). The second-order valence-electron chi connectivity index (χ2n) is 6.76. The fourth-order valence-corrected chi connectivity index (χ4v) is 3.88. The van der Waals surface area contributed by atoms with Gasteiger partial charge >= 0.3 is 0 Å². The SMILES string of the molecule is CN(C)CC1OC2c3ccccc3Cc3ccccc3C2C1=O. The van der Waals surface area contributed by atoms with Crippen LogP contribution >= 0.6 is 0 Å². The Morgan fingerprint density at radius 2 is 1.61 bits per heavy atom. The molecule has 0 radical (unpaired) electrons. The standard InChI is InChI=1S/C20H21NO2/c1-21(2)12-17-19(22)18-15-9-5-3-7-13(15)11-14-8-4-6-10-16(14)20(18)23-17/h3-10,17-18,20H,11-12H2,1-2H3. The first-order valence-corrected chi connectivity index (χ1v) is 8.14. The Balaban J connectivity index is 1.85. The Bertz CT molecular complexity index is 753. The van der Waals surface area contributed by atoms with Gasteiger partial charge in [-0.15, -0.1) is 0 Å². The van der Waals surface area contributed by atoms with Gasteiger partial charge in [0.1, 0.15) is 6.10 Å². The van der Waals surface area contributed by atoms with Crippen molar-refractivity contribution in [3.8, 4) is 0 Å². The van der Waals surface area contributed by atoms with Gasteiger partial charge in [0.2, 0.25) is 0 Å². The fraction of sp³-hybridized carbons (Fsp3) is 0.350. The van der Waals surface area contributed by atoms with Crippen LogP contribution in [0.15, 0.2) is 48.5 Å². The third-order valence-corrected chi connectivity index (χ3v) is 4.90. The summed E-state index contributed by atoms with van der Waals surface area (Å²) in [6.45, 7) is 0.635. The molecule has 1 saturated heterocycles. The van der Waals surface area contributed by atoms with Crippen LogP contribution < -0.4 is 0 Å². The van der Waals surface area contributed by atoms with E-state index in [1.165, 1.54) is 16.7 Å². The first kappa shape index (κ1) is 14.6. The number of carbonyl (C=O) groups excluding carboxylic acids is 1. The molecule has 0 bridgehead atoms. The Morgan fingerprint density at radius 3 is 2.30 bits per heavy atom. The molecule has 1 heterocycles. The minimum Gasteiger partial charge on any atom is -0.360 e. The number of fused-ring (bicyclic) bond motifs is 5. The zero-order valence-electron chi connectivity index (χ0n) is 13.5. The Morgan fingerprint density at radius 1 is 1.00 bits per heavy atom. The molecule has 2 aromatic carbocycles. The lowest BCUT2D eigenvalue weighted by Gasteiger charge is -2.18. The highest BCUT2D eigenvalue weighted by Gasteiger charge is 2.47. The summed E-state index contributed by atoms with van der Waals surface area (Å²) in [4.78, 5) is 15.1. The number of nitrogens with zero attached hydrogens (tertiary/aromatic N) is 1. The van der Waals surface area contributed by atoms with Crippen LogP contribution in [0.1, 0.15) is 34.3 Å². The number of benzene rings is 2. The molecule has 0 amide bonds. The van der Waals surface area contributed by atoms with Crippen molar-refractivity contribution in [2.24, 2.45) is 0 Å². The Kier molecular flexibility index (Phi) is 3.55. The molecule has 3 nitrogen and oxygen atoms in total. The number of hydrogen-bond acceptors (Lipinski definition) is 3. The van der Waals surface area contributed by atoms with E-state index >= 15 is 0 Å². The summed E-state index contributed by atoms with van der Waals surface area (Å²) in [5.74, 6) is 0.0349. The minimum absolute atomic E-state index is 0.160. The number of Topliss-reactive ketones (excluding diaryl/α,β-unsaturated/α-hetero) is 1. The Labute approximate surface area is 136 Å². The second kappa shape index (κ2) is 5.59. The maximum Gasteiger partial charge on any atom is 0.173 e. The molecule has 0 aromatic heterocycles. The highest BCUT2D eigenvalue weighted by molar-refractivity contribution is 5.93. The summed E-state index contributed by atoms with van der Waals surface area (Å²) < 4.78 is 6.26. The predicted molar refractivity (Wildman–Crippen MR) is 89.6 cm³/mol.